The number of aryl methyl sites for hydroxylation is 1. The molecule has 1 aromatic heterocycles. The van der Waals surface area contributed by atoms with E-state index < -0.39 is 15.9 Å². The average Bonchev–Trinajstić information content (AvgIpc) is 2.83. The molecule has 2 rings (SSSR count). The molecule has 0 saturated carbocycles. The highest BCUT2D eigenvalue weighted by Gasteiger charge is 2.11. The van der Waals surface area contributed by atoms with Gasteiger partial charge in [0.1, 0.15) is 0 Å². The highest BCUT2D eigenvalue weighted by atomic mass is 32.2. The first-order chi connectivity index (χ1) is 9.86. The molecule has 0 aliphatic heterocycles. The Hall–Kier alpha value is -1.77. The van der Waals surface area contributed by atoms with E-state index in [4.69, 9.17) is 4.52 Å². The summed E-state index contributed by atoms with van der Waals surface area (Å²) in [6.45, 7) is 2.39. The van der Waals surface area contributed by atoms with Crippen LogP contribution in [0.2, 0.25) is 0 Å². The largest absolute Gasteiger partial charge is 0.387 e. The summed E-state index contributed by atoms with van der Waals surface area (Å²) in [4.78, 5) is 4.26. The van der Waals surface area contributed by atoms with E-state index >= 15 is 0 Å². The number of nitrogens with one attached hydrogen (secondary N) is 1. The van der Waals surface area contributed by atoms with E-state index in [1.54, 1.807) is 19.1 Å². The lowest BCUT2D eigenvalue weighted by atomic mass is 10.1. The zero-order valence-electron chi connectivity index (χ0n) is 11.8. The number of hydrogen-bond acceptors (Lipinski definition) is 7. The fourth-order valence-electron chi connectivity index (χ4n) is 1.79. The summed E-state index contributed by atoms with van der Waals surface area (Å²) in [5.41, 5.74) is 0.638. The van der Waals surface area contributed by atoms with Crippen LogP contribution in [0.15, 0.2) is 33.7 Å². The fourth-order valence-corrected chi connectivity index (χ4v) is 2.42. The van der Waals surface area contributed by atoms with Crippen molar-refractivity contribution in [3.63, 3.8) is 0 Å². The Morgan fingerprint density at radius 3 is 2.52 bits per heavy atom. The lowest BCUT2D eigenvalue weighted by Gasteiger charge is -2.11. The van der Waals surface area contributed by atoms with Crippen LogP contribution in [0.1, 0.15) is 23.4 Å². The van der Waals surface area contributed by atoms with Crippen molar-refractivity contribution >= 4 is 9.84 Å². The number of hydrogen-bond donors (Lipinski definition) is 2. The molecular weight excluding hydrogens is 294 g/mol. The van der Waals surface area contributed by atoms with Gasteiger partial charge in [0.25, 0.3) is 0 Å². The molecule has 0 radical (unpaired) electrons. The van der Waals surface area contributed by atoms with Crippen molar-refractivity contribution in [2.75, 3.05) is 12.8 Å². The van der Waals surface area contributed by atoms with Gasteiger partial charge in [-0.3, -0.25) is 0 Å². The van der Waals surface area contributed by atoms with Crippen molar-refractivity contribution in [2.45, 2.75) is 24.5 Å². The number of aromatic nitrogens is 2. The van der Waals surface area contributed by atoms with E-state index in [9.17, 15) is 13.5 Å². The molecule has 0 aliphatic rings. The first-order valence-corrected chi connectivity index (χ1v) is 8.23. The molecule has 0 spiro atoms. The van der Waals surface area contributed by atoms with E-state index in [1.165, 1.54) is 12.1 Å². The topological polar surface area (TPSA) is 105 Å². The second kappa shape index (κ2) is 6.33. The standard InChI is InChI=1S/C13H17N3O4S/c1-9-15-13(16-20-9)8-14-7-12(17)10-3-5-11(6-4-10)21(2,18)19/h3-6,12,14,17H,7-8H2,1-2H3. The van der Waals surface area contributed by atoms with Crippen LogP contribution in [-0.4, -0.2) is 36.5 Å². The summed E-state index contributed by atoms with van der Waals surface area (Å²) in [5, 5.41) is 16.8. The zero-order valence-corrected chi connectivity index (χ0v) is 12.6. The minimum absolute atomic E-state index is 0.230. The second-order valence-electron chi connectivity index (χ2n) is 4.72. The number of aliphatic hydroxyl groups is 1. The summed E-state index contributed by atoms with van der Waals surface area (Å²) < 4.78 is 27.5. The number of benzene rings is 1. The predicted molar refractivity (Wildman–Crippen MR) is 75.3 cm³/mol. The maximum atomic E-state index is 11.3. The molecule has 21 heavy (non-hydrogen) atoms. The maximum Gasteiger partial charge on any atom is 0.223 e. The Morgan fingerprint density at radius 1 is 1.33 bits per heavy atom. The van der Waals surface area contributed by atoms with Crippen LogP contribution in [0.5, 0.6) is 0 Å². The van der Waals surface area contributed by atoms with Crippen LogP contribution in [0.25, 0.3) is 0 Å². The molecule has 2 aromatic rings. The third-order valence-corrected chi connectivity index (χ3v) is 4.01. The van der Waals surface area contributed by atoms with Crippen LogP contribution in [0, 0.1) is 6.92 Å². The molecule has 2 N–H and O–H groups in total. The van der Waals surface area contributed by atoms with Crippen molar-refractivity contribution < 1.29 is 18.0 Å². The van der Waals surface area contributed by atoms with Gasteiger partial charge in [-0.2, -0.15) is 4.98 Å². The van der Waals surface area contributed by atoms with Crippen molar-refractivity contribution in [2.24, 2.45) is 0 Å². The fraction of sp³-hybridized carbons (Fsp3) is 0.385. The molecule has 114 valence electrons. The van der Waals surface area contributed by atoms with Crippen LogP contribution in [-0.2, 0) is 16.4 Å². The smallest absolute Gasteiger partial charge is 0.223 e. The van der Waals surface area contributed by atoms with Gasteiger partial charge >= 0.3 is 0 Å². The minimum atomic E-state index is -3.22. The number of rotatable bonds is 6. The molecule has 1 heterocycles. The minimum Gasteiger partial charge on any atom is -0.387 e. The highest BCUT2D eigenvalue weighted by Crippen LogP contribution is 2.16. The van der Waals surface area contributed by atoms with Gasteiger partial charge in [0, 0.05) is 19.7 Å². The Labute approximate surface area is 122 Å². The van der Waals surface area contributed by atoms with Crippen LogP contribution in [0.4, 0.5) is 0 Å². The molecule has 0 amide bonds. The van der Waals surface area contributed by atoms with Gasteiger partial charge in [0.2, 0.25) is 5.89 Å². The third kappa shape index (κ3) is 4.35. The zero-order chi connectivity index (χ0) is 15.5. The Kier molecular flexibility index (Phi) is 4.71. The van der Waals surface area contributed by atoms with Gasteiger partial charge < -0.3 is 14.9 Å². The number of nitrogens with zero attached hydrogens (tertiary/aromatic N) is 2. The summed E-state index contributed by atoms with van der Waals surface area (Å²) >= 11 is 0. The van der Waals surface area contributed by atoms with Gasteiger partial charge in [0.15, 0.2) is 15.7 Å². The van der Waals surface area contributed by atoms with Gasteiger partial charge in [0.05, 0.1) is 17.5 Å². The van der Waals surface area contributed by atoms with E-state index in [0.29, 0.717) is 30.4 Å². The molecular formula is C13H17N3O4S. The number of sulfone groups is 1. The Morgan fingerprint density at radius 2 is 2.00 bits per heavy atom. The Bertz CT molecular complexity index is 694. The van der Waals surface area contributed by atoms with Crippen LogP contribution in [0.3, 0.4) is 0 Å². The molecule has 7 nitrogen and oxygen atoms in total. The number of aliphatic hydroxyl groups excluding tert-OH is 1. The molecule has 0 bridgehead atoms. The molecule has 8 heteroatoms. The molecule has 0 fully saturated rings. The second-order valence-corrected chi connectivity index (χ2v) is 6.73. The lowest BCUT2D eigenvalue weighted by Crippen LogP contribution is -2.21. The van der Waals surface area contributed by atoms with Crippen molar-refractivity contribution in [1.82, 2.24) is 15.5 Å². The molecule has 1 atom stereocenters. The molecule has 0 saturated heterocycles. The first kappa shape index (κ1) is 15.6. The molecule has 1 unspecified atom stereocenters. The summed E-state index contributed by atoms with van der Waals surface area (Å²) in [6, 6.07) is 6.16. The summed E-state index contributed by atoms with van der Waals surface area (Å²) in [5.74, 6) is 1.01. The van der Waals surface area contributed by atoms with Gasteiger partial charge in [-0.15, -0.1) is 0 Å². The van der Waals surface area contributed by atoms with E-state index in [0.717, 1.165) is 6.26 Å². The Balaban J connectivity index is 1.89. The van der Waals surface area contributed by atoms with Gasteiger partial charge in [-0.05, 0) is 17.7 Å². The van der Waals surface area contributed by atoms with Crippen molar-refractivity contribution in [3.8, 4) is 0 Å². The van der Waals surface area contributed by atoms with E-state index in [2.05, 4.69) is 15.5 Å². The quantitative estimate of drug-likeness (QED) is 0.805. The molecule has 0 aliphatic carbocycles. The van der Waals surface area contributed by atoms with Crippen LogP contribution >= 0.6 is 0 Å². The highest BCUT2D eigenvalue weighted by molar-refractivity contribution is 7.90. The predicted octanol–water partition coefficient (Wildman–Crippen LogP) is 0.605. The SMILES string of the molecule is Cc1nc(CNCC(O)c2ccc(S(C)(=O)=O)cc2)no1. The van der Waals surface area contributed by atoms with E-state index in [-0.39, 0.29) is 4.90 Å². The summed E-state index contributed by atoms with van der Waals surface area (Å²) in [6.07, 6.45) is 0.402. The normalized spacial score (nSPS) is 13.3. The van der Waals surface area contributed by atoms with Crippen LogP contribution < -0.4 is 5.32 Å². The lowest BCUT2D eigenvalue weighted by molar-refractivity contribution is 0.174. The third-order valence-electron chi connectivity index (χ3n) is 2.88. The van der Waals surface area contributed by atoms with Crippen molar-refractivity contribution in [1.29, 1.82) is 0 Å². The van der Waals surface area contributed by atoms with Gasteiger partial charge in [-0.25, -0.2) is 8.42 Å². The first-order valence-electron chi connectivity index (χ1n) is 6.34. The average molecular weight is 311 g/mol. The summed E-state index contributed by atoms with van der Waals surface area (Å²) in [7, 11) is -3.22. The van der Waals surface area contributed by atoms with E-state index in [1.807, 2.05) is 0 Å². The molecule has 1 aromatic carbocycles. The van der Waals surface area contributed by atoms with Gasteiger partial charge in [-0.1, -0.05) is 17.3 Å². The maximum absolute atomic E-state index is 11.3. The monoisotopic (exact) mass is 311 g/mol. The van der Waals surface area contributed by atoms with Crippen molar-refractivity contribution in [3.05, 3.63) is 41.5 Å².